The number of aryl methyl sites for hydroxylation is 2. The first kappa shape index (κ1) is 15.0. The van der Waals surface area contributed by atoms with Gasteiger partial charge in [-0.05, 0) is 56.1 Å². The van der Waals surface area contributed by atoms with Crippen molar-refractivity contribution in [2.24, 2.45) is 5.73 Å². The zero-order valence-electron chi connectivity index (χ0n) is 11.5. The lowest BCUT2D eigenvalue weighted by Gasteiger charge is -2.10. The van der Waals surface area contributed by atoms with E-state index in [0.29, 0.717) is 18.5 Å². The second-order valence-corrected chi connectivity index (χ2v) is 5.85. The lowest BCUT2D eigenvalue weighted by Crippen LogP contribution is -2.04. The van der Waals surface area contributed by atoms with Crippen LogP contribution in [0.3, 0.4) is 0 Å². The van der Waals surface area contributed by atoms with E-state index in [9.17, 15) is 8.78 Å². The molecule has 0 atom stereocenters. The zero-order valence-corrected chi connectivity index (χ0v) is 12.4. The van der Waals surface area contributed by atoms with E-state index in [4.69, 9.17) is 5.73 Å². The van der Waals surface area contributed by atoms with E-state index in [-0.39, 0.29) is 4.90 Å². The summed E-state index contributed by atoms with van der Waals surface area (Å²) in [6, 6.07) is 8.56. The Bertz CT molecular complexity index is 603. The molecule has 2 rings (SSSR count). The highest BCUT2D eigenvalue weighted by atomic mass is 32.2. The van der Waals surface area contributed by atoms with Crippen LogP contribution in [0.5, 0.6) is 0 Å². The summed E-state index contributed by atoms with van der Waals surface area (Å²) >= 11 is 1.12. The van der Waals surface area contributed by atoms with E-state index in [1.54, 1.807) is 0 Å². The van der Waals surface area contributed by atoms with Gasteiger partial charge in [-0.2, -0.15) is 0 Å². The minimum atomic E-state index is -0.529. The van der Waals surface area contributed by atoms with Crippen LogP contribution in [0.2, 0.25) is 0 Å². The summed E-state index contributed by atoms with van der Waals surface area (Å²) in [5, 5.41) is 0. The number of nitrogens with two attached hydrogens (primary N) is 1. The molecule has 0 saturated heterocycles. The summed E-state index contributed by atoms with van der Waals surface area (Å²) in [5.41, 5.74) is 8.14. The van der Waals surface area contributed by atoms with Gasteiger partial charge in [0, 0.05) is 4.90 Å². The van der Waals surface area contributed by atoms with Crippen molar-refractivity contribution in [2.75, 3.05) is 6.54 Å². The molecule has 0 fully saturated rings. The molecule has 0 aromatic heterocycles. The van der Waals surface area contributed by atoms with Gasteiger partial charge in [-0.15, -0.1) is 0 Å². The maximum Gasteiger partial charge on any atom is 0.140 e. The molecule has 106 valence electrons. The van der Waals surface area contributed by atoms with Crippen LogP contribution < -0.4 is 5.73 Å². The molecule has 2 aromatic carbocycles. The molecule has 0 saturated carbocycles. The van der Waals surface area contributed by atoms with Gasteiger partial charge in [-0.25, -0.2) is 8.78 Å². The molecule has 2 aromatic rings. The Kier molecular flexibility index (Phi) is 4.78. The predicted molar refractivity (Wildman–Crippen MR) is 79.2 cm³/mol. The summed E-state index contributed by atoms with van der Waals surface area (Å²) in [4.78, 5) is 0.901. The minimum Gasteiger partial charge on any atom is -0.330 e. The third-order valence-electron chi connectivity index (χ3n) is 3.03. The molecule has 0 unspecified atom stereocenters. The smallest absolute Gasteiger partial charge is 0.140 e. The minimum absolute atomic E-state index is 0.0396. The second-order valence-electron chi connectivity index (χ2n) is 4.80. The molecule has 0 aliphatic heterocycles. The van der Waals surface area contributed by atoms with Crippen LogP contribution in [0.1, 0.15) is 16.7 Å². The van der Waals surface area contributed by atoms with Gasteiger partial charge in [0.05, 0.1) is 4.90 Å². The first-order valence-electron chi connectivity index (χ1n) is 6.44. The lowest BCUT2D eigenvalue weighted by molar-refractivity contribution is 0.537. The molecule has 2 N–H and O–H groups in total. The average Bonchev–Trinajstić information content (AvgIpc) is 2.36. The number of halogens is 2. The fraction of sp³-hybridized carbons (Fsp3) is 0.250. The first-order valence-corrected chi connectivity index (χ1v) is 7.26. The summed E-state index contributed by atoms with van der Waals surface area (Å²) in [5.74, 6) is -1.06. The monoisotopic (exact) mass is 293 g/mol. The van der Waals surface area contributed by atoms with Crippen molar-refractivity contribution in [3.05, 3.63) is 58.7 Å². The molecule has 0 bridgehead atoms. The van der Waals surface area contributed by atoms with Crippen molar-refractivity contribution in [1.29, 1.82) is 0 Å². The van der Waals surface area contributed by atoms with E-state index in [1.165, 1.54) is 12.1 Å². The first-order chi connectivity index (χ1) is 9.51. The highest BCUT2D eigenvalue weighted by molar-refractivity contribution is 7.99. The van der Waals surface area contributed by atoms with Gasteiger partial charge in [-0.1, -0.05) is 29.5 Å². The zero-order chi connectivity index (χ0) is 14.7. The predicted octanol–water partition coefficient (Wildman–Crippen LogP) is 4.23. The van der Waals surface area contributed by atoms with Crippen LogP contribution in [0, 0.1) is 25.5 Å². The summed E-state index contributed by atoms with van der Waals surface area (Å²) in [6.07, 6.45) is 0.475. The molecule has 0 amide bonds. The Hall–Kier alpha value is -1.39. The molecule has 1 nitrogen and oxygen atoms in total. The molecule has 0 aliphatic rings. The van der Waals surface area contributed by atoms with Crippen LogP contribution in [0.25, 0.3) is 0 Å². The van der Waals surface area contributed by atoms with E-state index in [2.05, 4.69) is 0 Å². The number of benzene rings is 2. The third kappa shape index (κ3) is 3.38. The number of rotatable bonds is 4. The standard InChI is InChI=1S/C16H17F2NS/c1-10-3-4-15(11(2)7-10)20-16-13(17)8-12(5-6-19)9-14(16)18/h3-4,7-9H,5-6,19H2,1-2H3. The van der Waals surface area contributed by atoms with Crippen LogP contribution in [-0.2, 0) is 6.42 Å². The van der Waals surface area contributed by atoms with Crippen LogP contribution in [-0.4, -0.2) is 6.54 Å². The molecular formula is C16H17F2NS. The maximum absolute atomic E-state index is 14.0. The van der Waals surface area contributed by atoms with Crippen LogP contribution in [0.15, 0.2) is 40.1 Å². The topological polar surface area (TPSA) is 26.0 Å². The second kappa shape index (κ2) is 6.37. The summed E-state index contributed by atoms with van der Waals surface area (Å²) in [6.45, 7) is 4.31. The van der Waals surface area contributed by atoms with Crippen molar-refractivity contribution >= 4 is 11.8 Å². The van der Waals surface area contributed by atoms with E-state index >= 15 is 0 Å². The van der Waals surface area contributed by atoms with Gasteiger partial charge in [0.15, 0.2) is 0 Å². The van der Waals surface area contributed by atoms with Gasteiger partial charge in [0.2, 0.25) is 0 Å². The lowest BCUT2D eigenvalue weighted by atomic mass is 10.1. The Morgan fingerprint density at radius 2 is 1.70 bits per heavy atom. The van der Waals surface area contributed by atoms with Gasteiger partial charge in [-0.3, -0.25) is 0 Å². The van der Waals surface area contributed by atoms with E-state index < -0.39 is 11.6 Å². The molecule has 0 aliphatic carbocycles. The number of hydrogen-bond acceptors (Lipinski definition) is 2. The fourth-order valence-corrected chi connectivity index (χ4v) is 2.93. The average molecular weight is 293 g/mol. The Morgan fingerprint density at radius 3 is 2.25 bits per heavy atom. The van der Waals surface area contributed by atoms with Gasteiger partial charge in [0.1, 0.15) is 11.6 Å². The summed E-state index contributed by atoms with van der Waals surface area (Å²) in [7, 11) is 0. The van der Waals surface area contributed by atoms with E-state index in [1.807, 2.05) is 32.0 Å². The summed E-state index contributed by atoms with van der Waals surface area (Å²) < 4.78 is 28.1. The van der Waals surface area contributed by atoms with Crippen molar-refractivity contribution in [2.45, 2.75) is 30.1 Å². The quantitative estimate of drug-likeness (QED) is 0.912. The van der Waals surface area contributed by atoms with Crippen molar-refractivity contribution in [3.63, 3.8) is 0 Å². The van der Waals surface area contributed by atoms with Gasteiger partial charge >= 0.3 is 0 Å². The van der Waals surface area contributed by atoms with Crippen molar-refractivity contribution in [3.8, 4) is 0 Å². The third-order valence-corrected chi connectivity index (χ3v) is 4.31. The Labute approximate surface area is 122 Å². The normalized spacial score (nSPS) is 10.8. The maximum atomic E-state index is 14.0. The molecule has 20 heavy (non-hydrogen) atoms. The highest BCUT2D eigenvalue weighted by Crippen LogP contribution is 2.34. The largest absolute Gasteiger partial charge is 0.330 e. The molecular weight excluding hydrogens is 276 g/mol. The molecule has 0 spiro atoms. The molecule has 0 heterocycles. The highest BCUT2D eigenvalue weighted by Gasteiger charge is 2.13. The van der Waals surface area contributed by atoms with Gasteiger partial charge in [0.25, 0.3) is 0 Å². The van der Waals surface area contributed by atoms with Gasteiger partial charge < -0.3 is 5.73 Å². The van der Waals surface area contributed by atoms with Crippen molar-refractivity contribution < 1.29 is 8.78 Å². The van der Waals surface area contributed by atoms with Crippen molar-refractivity contribution in [1.82, 2.24) is 0 Å². The molecule has 4 heteroatoms. The van der Waals surface area contributed by atoms with Crippen LogP contribution >= 0.6 is 11.8 Å². The Morgan fingerprint density at radius 1 is 1.05 bits per heavy atom. The Balaban J connectivity index is 2.33. The molecule has 0 radical (unpaired) electrons. The fourth-order valence-electron chi connectivity index (χ4n) is 2.04. The number of hydrogen-bond donors (Lipinski definition) is 1. The van der Waals surface area contributed by atoms with E-state index in [0.717, 1.165) is 27.8 Å². The SMILES string of the molecule is Cc1ccc(Sc2c(F)cc(CCN)cc2F)c(C)c1. The van der Waals surface area contributed by atoms with Crippen LogP contribution in [0.4, 0.5) is 8.78 Å².